The molecule has 0 bridgehead atoms. The molecule has 0 aliphatic rings. The number of hydrogen-bond donors (Lipinski definition) is 0. The van der Waals surface area contributed by atoms with Gasteiger partial charge >= 0.3 is 0 Å². The highest BCUT2D eigenvalue weighted by molar-refractivity contribution is 9.11. The Balaban J connectivity index is 2.84. The molecule has 0 saturated carbocycles. The van der Waals surface area contributed by atoms with Crippen molar-refractivity contribution in [2.45, 2.75) is 13.8 Å². The summed E-state index contributed by atoms with van der Waals surface area (Å²) in [6.07, 6.45) is 0. The minimum Gasteiger partial charge on any atom is -0.339 e. The normalized spacial score (nSPS) is 10.1. The third-order valence-electron chi connectivity index (χ3n) is 1.90. The second-order valence-electron chi connectivity index (χ2n) is 2.59. The van der Waals surface area contributed by atoms with E-state index >= 15 is 0 Å². The fourth-order valence-electron chi connectivity index (χ4n) is 1.13. The highest BCUT2D eigenvalue weighted by atomic mass is 79.9. The van der Waals surface area contributed by atoms with Gasteiger partial charge in [-0.15, -0.1) is 11.3 Å². The molecule has 1 amide bonds. The highest BCUT2D eigenvalue weighted by Crippen LogP contribution is 2.24. The minimum absolute atomic E-state index is 0.109. The van der Waals surface area contributed by atoms with Crippen LogP contribution in [0.25, 0.3) is 0 Å². The molecule has 0 aromatic carbocycles. The van der Waals surface area contributed by atoms with Crippen molar-refractivity contribution >= 4 is 33.2 Å². The largest absolute Gasteiger partial charge is 0.339 e. The van der Waals surface area contributed by atoms with Gasteiger partial charge < -0.3 is 4.90 Å². The van der Waals surface area contributed by atoms with Crippen LogP contribution in [0.5, 0.6) is 0 Å². The Morgan fingerprint density at radius 2 is 2.15 bits per heavy atom. The molecule has 0 N–H and O–H groups in total. The number of carbonyl (C=O) groups excluding carboxylic acids is 1. The Morgan fingerprint density at radius 3 is 2.54 bits per heavy atom. The first-order valence-corrected chi connectivity index (χ1v) is 5.90. The summed E-state index contributed by atoms with van der Waals surface area (Å²) in [6.45, 7) is 5.50. The topological polar surface area (TPSA) is 20.3 Å². The maximum absolute atomic E-state index is 11.8. The molecule has 4 heteroatoms. The smallest absolute Gasteiger partial charge is 0.255 e. The van der Waals surface area contributed by atoms with Crippen molar-refractivity contribution in [3.05, 3.63) is 20.8 Å². The average Bonchev–Trinajstić information content (AvgIpc) is 2.53. The van der Waals surface area contributed by atoms with Gasteiger partial charge in [-0.1, -0.05) is 0 Å². The van der Waals surface area contributed by atoms with Gasteiger partial charge in [-0.05, 0) is 41.2 Å². The molecule has 13 heavy (non-hydrogen) atoms. The molecule has 0 aliphatic carbocycles. The third kappa shape index (κ3) is 2.31. The van der Waals surface area contributed by atoms with Crippen LogP contribution in [-0.2, 0) is 0 Å². The van der Waals surface area contributed by atoms with E-state index in [1.807, 2.05) is 30.2 Å². The van der Waals surface area contributed by atoms with E-state index < -0.39 is 0 Å². The molecule has 0 unspecified atom stereocenters. The van der Waals surface area contributed by atoms with Crippen molar-refractivity contribution in [3.8, 4) is 0 Å². The molecular weight excluding hydrogens is 250 g/mol. The van der Waals surface area contributed by atoms with Crippen LogP contribution in [0.4, 0.5) is 0 Å². The summed E-state index contributed by atoms with van der Waals surface area (Å²) in [6, 6.07) is 1.86. The molecular formula is C9H12BrNOS. The zero-order chi connectivity index (χ0) is 9.84. The van der Waals surface area contributed by atoms with Gasteiger partial charge in [0.2, 0.25) is 0 Å². The molecule has 1 aromatic heterocycles. The van der Waals surface area contributed by atoms with Crippen LogP contribution in [0.15, 0.2) is 15.2 Å². The third-order valence-corrected chi connectivity index (χ3v) is 3.59. The quantitative estimate of drug-likeness (QED) is 0.820. The predicted octanol–water partition coefficient (Wildman–Crippen LogP) is 2.99. The molecule has 0 aliphatic heterocycles. The van der Waals surface area contributed by atoms with Gasteiger partial charge in [-0.3, -0.25) is 4.79 Å². The van der Waals surface area contributed by atoms with Gasteiger partial charge in [-0.2, -0.15) is 0 Å². The Labute approximate surface area is 90.7 Å². The molecule has 72 valence electrons. The second kappa shape index (κ2) is 4.77. The number of carbonyl (C=O) groups is 1. The maximum Gasteiger partial charge on any atom is 0.255 e. The van der Waals surface area contributed by atoms with Crippen LogP contribution < -0.4 is 0 Å². The lowest BCUT2D eigenvalue weighted by Crippen LogP contribution is -2.30. The van der Waals surface area contributed by atoms with E-state index in [1.165, 1.54) is 0 Å². The summed E-state index contributed by atoms with van der Waals surface area (Å²) in [5.41, 5.74) is 0.772. The molecule has 0 radical (unpaired) electrons. The first-order chi connectivity index (χ1) is 6.20. The first-order valence-electron chi connectivity index (χ1n) is 4.23. The lowest BCUT2D eigenvalue weighted by atomic mass is 10.3. The summed E-state index contributed by atoms with van der Waals surface area (Å²) in [5, 5.41) is 1.92. The van der Waals surface area contributed by atoms with Crippen LogP contribution in [0, 0.1) is 0 Å². The number of amides is 1. The zero-order valence-corrected chi connectivity index (χ0v) is 10.1. The van der Waals surface area contributed by atoms with Gasteiger partial charge in [0, 0.05) is 13.1 Å². The van der Waals surface area contributed by atoms with Crippen molar-refractivity contribution < 1.29 is 4.79 Å². The van der Waals surface area contributed by atoms with Crippen molar-refractivity contribution in [2.24, 2.45) is 0 Å². The first kappa shape index (κ1) is 10.7. The fourth-order valence-corrected chi connectivity index (χ4v) is 2.36. The Bertz CT molecular complexity index is 294. The van der Waals surface area contributed by atoms with Crippen LogP contribution in [-0.4, -0.2) is 23.9 Å². The SMILES string of the molecule is CCN(CC)C(=O)c1ccsc1Br. The second-order valence-corrected chi connectivity index (χ2v) is 4.82. The predicted molar refractivity (Wildman–Crippen MR) is 59.3 cm³/mol. The number of thiophene rings is 1. The number of hydrogen-bond acceptors (Lipinski definition) is 2. The monoisotopic (exact) mass is 261 g/mol. The lowest BCUT2D eigenvalue weighted by Gasteiger charge is -2.17. The van der Waals surface area contributed by atoms with Crippen molar-refractivity contribution in [2.75, 3.05) is 13.1 Å². The number of rotatable bonds is 3. The highest BCUT2D eigenvalue weighted by Gasteiger charge is 2.15. The Morgan fingerprint density at radius 1 is 1.54 bits per heavy atom. The van der Waals surface area contributed by atoms with Gasteiger partial charge in [0.05, 0.1) is 9.35 Å². The Hall–Kier alpha value is -0.350. The molecule has 0 fully saturated rings. The zero-order valence-electron chi connectivity index (χ0n) is 7.71. The van der Waals surface area contributed by atoms with E-state index in [9.17, 15) is 4.79 Å². The van der Waals surface area contributed by atoms with Gasteiger partial charge in [0.25, 0.3) is 5.91 Å². The summed E-state index contributed by atoms with van der Waals surface area (Å²) in [5.74, 6) is 0.109. The van der Waals surface area contributed by atoms with E-state index in [0.29, 0.717) is 0 Å². The number of nitrogens with zero attached hydrogens (tertiary/aromatic N) is 1. The maximum atomic E-state index is 11.8. The van der Waals surface area contributed by atoms with Crippen molar-refractivity contribution in [3.63, 3.8) is 0 Å². The van der Waals surface area contributed by atoms with Crippen LogP contribution in [0.2, 0.25) is 0 Å². The fraction of sp³-hybridized carbons (Fsp3) is 0.444. The van der Waals surface area contributed by atoms with Crippen LogP contribution >= 0.6 is 27.3 Å². The molecule has 1 aromatic rings. The van der Waals surface area contributed by atoms with E-state index in [1.54, 1.807) is 11.3 Å². The summed E-state index contributed by atoms with van der Waals surface area (Å²) >= 11 is 4.90. The van der Waals surface area contributed by atoms with Crippen molar-refractivity contribution in [1.29, 1.82) is 0 Å². The molecule has 1 heterocycles. The molecule has 0 spiro atoms. The standard InChI is InChI=1S/C9H12BrNOS/c1-3-11(4-2)9(12)7-5-6-13-8(7)10/h5-6H,3-4H2,1-2H3. The van der Waals surface area contributed by atoms with E-state index in [2.05, 4.69) is 15.9 Å². The molecule has 2 nitrogen and oxygen atoms in total. The van der Waals surface area contributed by atoms with E-state index in [-0.39, 0.29) is 5.91 Å². The molecule has 0 saturated heterocycles. The van der Waals surface area contributed by atoms with Gasteiger partial charge in [0.15, 0.2) is 0 Å². The average molecular weight is 262 g/mol. The number of halogens is 1. The lowest BCUT2D eigenvalue weighted by molar-refractivity contribution is 0.0773. The van der Waals surface area contributed by atoms with Crippen LogP contribution in [0.3, 0.4) is 0 Å². The summed E-state index contributed by atoms with van der Waals surface area (Å²) in [7, 11) is 0. The molecule has 1 rings (SSSR count). The van der Waals surface area contributed by atoms with Gasteiger partial charge in [-0.25, -0.2) is 0 Å². The minimum atomic E-state index is 0.109. The van der Waals surface area contributed by atoms with Crippen molar-refractivity contribution in [1.82, 2.24) is 4.90 Å². The van der Waals surface area contributed by atoms with E-state index in [0.717, 1.165) is 22.4 Å². The Kier molecular flexibility index (Phi) is 3.93. The van der Waals surface area contributed by atoms with Gasteiger partial charge in [0.1, 0.15) is 0 Å². The van der Waals surface area contributed by atoms with Crippen LogP contribution in [0.1, 0.15) is 24.2 Å². The summed E-state index contributed by atoms with van der Waals surface area (Å²) in [4.78, 5) is 13.6. The summed E-state index contributed by atoms with van der Waals surface area (Å²) < 4.78 is 0.921. The van der Waals surface area contributed by atoms with E-state index in [4.69, 9.17) is 0 Å². The molecule has 0 atom stereocenters.